The third-order valence-electron chi connectivity index (χ3n) is 3.79. The van der Waals surface area contributed by atoms with E-state index in [2.05, 4.69) is 28.9 Å². The molecule has 0 saturated heterocycles. The normalized spacial score (nSPS) is 14.8. The zero-order valence-electron chi connectivity index (χ0n) is 11.5. The third-order valence-corrected chi connectivity index (χ3v) is 3.79. The van der Waals surface area contributed by atoms with Crippen LogP contribution in [0.1, 0.15) is 32.6 Å². The summed E-state index contributed by atoms with van der Waals surface area (Å²) in [5.74, 6) is 0. The molecule has 1 fully saturated rings. The van der Waals surface area contributed by atoms with E-state index in [1.54, 1.807) is 0 Å². The van der Waals surface area contributed by atoms with Crippen molar-refractivity contribution in [3.05, 3.63) is 30.5 Å². The molecule has 2 aromatic rings. The number of hydrogen-bond donors (Lipinski definition) is 1. The lowest BCUT2D eigenvalue weighted by atomic mass is 10.1. The van der Waals surface area contributed by atoms with Crippen molar-refractivity contribution in [3.63, 3.8) is 0 Å². The van der Waals surface area contributed by atoms with Crippen LogP contribution in [-0.4, -0.2) is 17.6 Å². The second-order valence-electron chi connectivity index (χ2n) is 5.38. The lowest BCUT2D eigenvalue weighted by molar-refractivity contribution is 0.715. The Hall–Kier alpha value is -1.77. The number of hydrogen-bond acceptors (Lipinski definition) is 3. The highest BCUT2D eigenvalue weighted by Crippen LogP contribution is 2.35. The van der Waals surface area contributed by atoms with Crippen LogP contribution in [0.4, 0.5) is 11.4 Å². The van der Waals surface area contributed by atoms with Crippen molar-refractivity contribution in [3.8, 4) is 0 Å². The maximum atomic E-state index is 5.85. The molecule has 3 heteroatoms. The Kier molecular flexibility index (Phi) is 3.28. The van der Waals surface area contributed by atoms with E-state index in [0.717, 1.165) is 23.8 Å². The lowest BCUT2D eigenvalue weighted by Gasteiger charge is -2.26. The minimum atomic E-state index is 0.731. The van der Waals surface area contributed by atoms with Crippen molar-refractivity contribution in [1.29, 1.82) is 0 Å². The summed E-state index contributed by atoms with van der Waals surface area (Å²) in [5.41, 5.74) is 8.95. The molecule has 0 bridgehead atoms. The molecule has 100 valence electrons. The highest BCUT2D eigenvalue weighted by molar-refractivity contribution is 5.93. The summed E-state index contributed by atoms with van der Waals surface area (Å²) in [4.78, 5) is 7.00. The van der Waals surface area contributed by atoms with Crippen LogP contribution in [-0.2, 0) is 0 Å². The Labute approximate surface area is 114 Å². The van der Waals surface area contributed by atoms with Gasteiger partial charge in [0.1, 0.15) is 0 Å². The fraction of sp³-hybridized carbons (Fsp3) is 0.438. The van der Waals surface area contributed by atoms with Gasteiger partial charge in [0.05, 0.1) is 5.52 Å². The van der Waals surface area contributed by atoms with Crippen LogP contribution in [0.25, 0.3) is 10.9 Å². The molecule has 3 rings (SSSR count). The van der Waals surface area contributed by atoms with Gasteiger partial charge in [0, 0.05) is 35.5 Å². The van der Waals surface area contributed by atoms with Crippen LogP contribution in [0.15, 0.2) is 30.5 Å². The van der Waals surface area contributed by atoms with E-state index in [4.69, 9.17) is 5.73 Å². The summed E-state index contributed by atoms with van der Waals surface area (Å²) in [6, 6.07) is 8.91. The number of unbranched alkanes of at least 4 members (excludes halogenated alkanes) is 1. The molecule has 1 aliphatic carbocycles. The van der Waals surface area contributed by atoms with E-state index in [-0.39, 0.29) is 0 Å². The molecule has 1 aliphatic rings. The number of aromatic nitrogens is 1. The standard InChI is InChI=1S/C16H21N3/c1-2-3-10-19(13-5-6-13)16-8-9-18-15-11-12(17)4-7-14(15)16/h4,7-9,11,13H,2-3,5-6,10,17H2,1H3. The molecule has 1 heterocycles. The summed E-state index contributed by atoms with van der Waals surface area (Å²) in [5, 5.41) is 1.22. The number of fused-ring (bicyclic) bond motifs is 1. The number of nitrogen functional groups attached to an aromatic ring is 1. The van der Waals surface area contributed by atoms with E-state index in [1.165, 1.54) is 36.8 Å². The Balaban J connectivity index is 2.02. The predicted octanol–water partition coefficient (Wildman–Crippen LogP) is 3.59. The Morgan fingerprint density at radius 3 is 2.89 bits per heavy atom. The smallest absolute Gasteiger partial charge is 0.0743 e. The summed E-state index contributed by atoms with van der Waals surface area (Å²) in [6.45, 7) is 3.39. The lowest BCUT2D eigenvalue weighted by Crippen LogP contribution is -2.27. The molecular formula is C16H21N3. The van der Waals surface area contributed by atoms with Gasteiger partial charge in [-0.1, -0.05) is 13.3 Å². The molecule has 19 heavy (non-hydrogen) atoms. The third kappa shape index (κ3) is 2.50. The number of nitrogens with zero attached hydrogens (tertiary/aromatic N) is 2. The second kappa shape index (κ2) is 5.08. The van der Waals surface area contributed by atoms with Gasteiger partial charge in [0.25, 0.3) is 0 Å². The van der Waals surface area contributed by atoms with E-state index in [9.17, 15) is 0 Å². The SMILES string of the molecule is CCCCN(c1ccnc2cc(N)ccc12)C1CC1. The molecule has 1 aromatic carbocycles. The molecule has 0 spiro atoms. The highest BCUT2D eigenvalue weighted by atomic mass is 15.2. The van der Waals surface area contributed by atoms with E-state index < -0.39 is 0 Å². The van der Waals surface area contributed by atoms with E-state index >= 15 is 0 Å². The van der Waals surface area contributed by atoms with Crippen LogP contribution in [0.3, 0.4) is 0 Å². The minimum absolute atomic E-state index is 0.731. The monoisotopic (exact) mass is 255 g/mol. The first kappa shape index (κ1) is 12.3. The average molecular weight is 255 g/mol. The molecular weight excluding hydrogens is 234 g/mol. The quantitative estimate of drug-likeness (QED) is 0.830. The maximum Gasteiger partial charge on any atom is 0.0743 e. The topological polar surface area (TPSA) is 42.2 Å². The zero-order valence-corrected chi connectivity index (χ0v) is 11.5. The van der Waals surface area contributed by atoms with Gasteiger partial charge < -0.3 is 10.6 Å². The number of nitrogens with two attached hydrogens (primary N) is 1. The number of benzene rings is 1. The molecule has 0 unspecified atom stereocenters. The molecule has 2 N–H and O–H groups in total. The molecule has 1 saturated carbocycles. The van der Waals surface area contributed by atoms with Gasteiger partial charge in [-0.25, -0.2) is 0 Å². The van der Waals surface area contributed by atoms with Crippen LogP contribution in [0.5, 0.6) is 0 Å². The minimum Gasteiger partial charge on any atom is -0.399 e. The van der Waals surface area contributed by atoms with Crippen molar-refractivity contribution in [1.82, 2.24) is 4.98 Å². The van der Waals surface area contributed by atoms with Crippen molar-refractivity contribution in [2.75, 3.05) is 17.2 Å². The van der Waals surface area contributed by atoms with Crippen molar-refractivity contribution < 1.29 is 0 Å². The van der Waals surface area contributed by atoms with Crippen LogP contribution in [0.2, 0.25) is 0 Å². The molecule has 0 radical (unpaired) electrons. The van der Waals surface area contributed by atoms with Gasteiger partial charge in [-0.15, -0.1) is 0 Å². The molecule has 0 atom stereocenters. The fourth-order valence-corrected chi connectivity index (χ4v) is 2.61. The van der Waals surface area contributed by atoms with Crippen LogP contribution in [0, 0.1) is 0 Å². The Morgan fingerprint density at radius 1 is 1.32 bits per heavy atom. The summed E-state index contributed by atoms with van der Waals surface area (Å²) in [6.07, 6.45) is 7.03. The Morgan fingerprint density at radius 2 is 2.16 bits per heavy atom. The molecule has 1 aromatic heterocycles. The van der Waals surface area contributed by atoms with Gasteiger partial charge in [-0.05, 0) is 43.5 Å². The maximum absolute atomic E-state index is 5.85. The first-order valence-corrected chi connectivity index (χ1v) is 7.20. The van der Waals surface area contributed by atoms with E-state index in [1.807, 2.05) is 18.3 Å². The van der Waals surface area contributed by atoms with Gasteiger partial charge in [-0.2, -0.15) is 0 Å². The van der Waals surface area contributed by atoms with Gasteiger partial charge in [0.15, 0.2) is 0 Å². The summed E-state index contributed by atoms with van der Waals surface area (Å²) in [7, 11) is 0. The summed E-state index contributed by atoms with van der Waals surface area (Å²) >= 11 is 0. The van der Waals surface area contributed by atoms with Gasteiger partial charge in [-0.3, -0.25) is 4.98 Å². The van der Waals surface area contributed by atoms with Crippen molar-refractivity contribution in [2.24, 2.45) is 0 Å². The first-order chi connectivity index (χ1) is 9.29. The molecule has 3 nitrogen and oxygen atoms in total. The second-order valence-corrected chi connectivity index (χ2v) is 5.38. The van der Waals surface area contributed by atoms with Crippen molar-refractivity contribution in [2.45, 2.75) is 38.6 Å². The number of anilines is 2. The zero-order chi connectivity index (χ0) is 13.2. The van der Waals surface area contributed by atoms with Gasteiger partial charge >= 0.3 is 0 Å². The first-order valence-electron chi connectivity index (χ1n) is 7.20. The molecule has 0 aliphatic heterocycles. The van der Waals surface area contributed by atoms with E-state index in [0.29, 0.717) is 0 Å². The number of pyridine rings is 1. The highest BCUT2D eigenvalue weighted by Gasteiger charge is 2.29. The van der Waals surface area contributed by atoms with Crippen molar-refractivity contribution >= 4 is 22.3 Å². The number of rotatable bonds is 5. The summed E-state index contributed by atoms with van der Waals surface area (Å²) < 4.78 is 0. The largest absolute Gasteiger partial charge is 0.399 e. The van der Waals surface area contributed by atoms with Crippen LogP contribution >= 0.6 is 0 Å². The Bertz CT molecular complexity index is 575. The predicted molar refractivity (Wildman–Crippen MR) is 81.4 cm³/mol. The molecule has 0 amide bonds. The van der Waals surface area contributed by atoms with Crippen LogP contribution < -0.4 is 10.6 Å². The van der Waals surface area contributed by atoms with Gasteiger partial charge in [0.2, 0.25) is 0 Å². The average Bonchev–Trinajstić information content (AvgIpc) is 3.23. The fourth-order valence-electron chi connectivity index (χ4n) is 2.61.